The Morgan fingerprint density at radius 2 is 2.21 bits per heavy atom. The fraction of sp³-hybridized carbons (Fsp3) is 0. The molecule has 2 heterocycles. The summed E-state index contributed by atoms with van der Waals surface area (Å²) in [5, 5.41) is 8.89. The van der Waals surface area contributed by atoms with Crippen molar-refractivity contribution in [3.8, 4) is 0 Å². The molecule has 7 heteroatoms. The molecule has 0 bridgehead atoms. The third kappa shape index (κ3) is 1.37. The largest absolute Gasteiger partial charge is 0.241 e. The molecule has 2 aromatic rings. The molecule has 0 aliphatic heterocycles. The maximum Gasteiger partial charge on any atom is 0.241 e. The van der Waals surface area contributed by atoms with Crippen molar-refractivity contribution in [1.29, 1.82) is 0 Å². The van der Waals surface area contributed by atoms with Crippen molar-refractivity contribution < 1.29 is 8.42 Å². The lowest BCUT2D eigenvalue weighted by atomic mass is 10.4. The van der Waals surface area contributed by atoms with E-state index in [0.717, 1.165) is 6.20 Å². The number of fused-ring (bicyclic) bond motifs is 1. The average Bonchev–Trinajstić information content (AvgIpc) is 2.50. The predicted molar refractivity (Wildman–Crippen MR) is 51.6 cm³/mol. The van der Waals surface area contributed by atoms with E-state index in [-0.39, 0.29) is 9.92 Å². The van der Waals surface area contributed by atoms with E-state index in [0.29, 0.717) is 5.52 Å². The van der Waals surface area contributed by atoms with Gasteiger partial charge in [-0.15, -0.1) is 0 Å². The van der Waals surface area contributed by atoms with Crippen LogP contribution in [0.1, 0.15) is 0 Å². The number of rotatable bonds is 1. The van der Waals surface area contributed by atoms with Gasteiger partial charge in [0, 0.05) is 6.20 Å². The van der Waals surface area contributed by atoms with Gasteiger partial charge in [-0.3, -0.25) is 0 Å². The predicted octanol–water partition coefficient (Wildman–Crippen LogP) is 0.635. The smallest absolute Gasteiger partial charge is 0.239 e. The minimum absolute atomic E-state index is 0.0903. The summed E-state index contributed by atoms with van der Waals surface area (Å²) in [5.74, 6) is 0. The Morgan fingerprint density at radius 3 is 2.86 bits per heavy atom. The molecule has 74 valence electrons. The summed E-state index contributed by atoms with van der Waals surface area (Å²) >= 11 is 5.85. The van der Waals surface area contributed by atoms with Crippen LogP contribution < -0.4 is 5.14 Å². The Bertz CT molecular complexity index is 590. The van der Waals surface area contributed by atoms with Gasteiger partial charge in [0.25, 0.3) is 0 Å². The summed E-state index contributed by atoms with van der Waals surface area (Å²) in [7, 11) is -3.81. The molecule has 0 fully saturated rings. The Morgan fingerprint density at radius 1 is 1.50 bits per heavy atom. The first-order valence-electron chi connectivity index (χ1n) is 3.65. The summed E-state index contributed by atoms with van der Waals surface area (Å²) in [4.78, 5) is -0.162. The van der Waals surface area contributed by atoms with Crippen LogP contribution in [-0.4, -0.2) is 18.0 Å². The minimum atomic E-state index is -3.81. The molecular weight excluding hydrogens is 226 g/mol. The SMILES string of the molecule is NS(=O)(=O)c1cnn2cccc2c1Cl. The topological polar surface area (TPSA) is 77.5 Å². The van der Waals surface area contributed by atoms with Crippen LogP contribution in [0.3, 0.4) is 0 Å². The molecule has 5 nitrogen and oxygen atoms in total. The highest BCUT2D eigenvalue weighted by atomic mass is 35.5. The maximum atomic E-state index is 11.1. The zero-order valence-electron chi connectivity index (χ0n) is 6.88. The van der Waals surface area contributed by atoms with Gasteiger partial charge in [0.2, 0.25) is 10.0 Å². The molecule has 2 aromatic heterocycles. The average molecular weight is 232 g/mol. The van der Waals surface area contributed by atoms with Crippen LogP contribution in [0.2, 0.25) is 5.02 Å². The second-order valence-electron chi connectivity index (χ2n) is 2.71. The monoisotopic (exact) mass is 231 g/mol. The molecule has 2 rings (SSSR count). The van der Waals surface area contributed by atoms with Crippen LogP contribution >= 0.6 is 11.6 Å². The van der Waals surface area contributed by atoms with Gasteiger partial charge >= 0.3 is 0 Å². The number of sulfonamides is 1. The van der Waals surface area contributed by atoms with E-state index in [9.17, 15) is 8.42 Å². The molecule has 0 saturated heterocycles. The second-order valence-corrected chi connectivity index (χ2v) is 4.61. The van der Waals surface area contributed by atoms with Crippen LogP contribution in [0.25, 0.3) is 5.52 Å². The summed E-state index contributed by atoms with van der Waals surface area (Å²) in [6, 6.07) is 3.37. The van der Waals surface area contributed by atoms with E-state index in [1.165, 1.54) is 4.52 Å². The lowest BCUT2D eigenvalue weighted by Crippen LogP contribution is -2.13. The van der Waals surface area contributed by atoms with Crippen molar-refractivity contribution in [3.63, 3.8) is 0 Å². The normalized spacial score (nSPS) is 12.1. The summed E-state index contributed by atoms with van der Waals surface area (Å²) in [6.45, 7) is 0. The molecule has 0 aromatic carbocycles. The first-order chi connectivity index (χ1) is 6.50. The molecule has 0 aliphatic rings. The van der Waals surface area contributed by atoms with E-state index in [4.69, 9.17) is 16.7 Å². The molecule has 0 radical (unpaired) electrons. The molecule has 2 N–H and O–H groups in total. The number of primary sulfonamides is 1. The molecule has 14 heavy (non-hydrogen) atoms. The van der Waals surface area contributed by atoms with Gasteiger partial charge in [-0.1, -0.05) is 11.6 Å². The highest BCUT2D eigenvalue weighted by Crippen LogP contribution is 2.23. The molecule has 0 atom stereocenters. The van der Waals surface area contributed by atoms with Crippen molar-refractivity contribution in [2.75, 3.05) is 0 Å². The van der Waals surface area contributed by atoms with E-state index in [2.05, 4.69) is 5.10 Å². The van der Waals surface area contributed by atoms with Crippen molar-refractivity contribution in [1.82, 2.24) is 9.61 Å². The lowest BCUT2D eigenvalue weighted by molar-refractivity contribution is 0.597. The van der Waals surface area contributed by atoms with Gasteiger partial charge < -0.3 is 0 Å². The first-order valence-corrected chi connectivity index (χ1v) is 5.57. The van der Waals surface area contributed by atoms with Crippen molar-refractivity contribution in [2.24, 2.45) is 5.14 Å². The highest BCUT2D eigenvalue weighted by molar-refractivity contribution is 7.89. The van der Waals surface area contributed by atoms with Crippen LogP contribution in [-0.2, 0) is 10.0 Å². The van der Waals surface area contributed by atoms with Crippen LogP contribution in [0, 0.1) is 0 Å². The zero-order chi connectivity index (χ0) is 10.3. The highest BCUT2D eigenvalue weighted by Gasteiger charge is 2.15. The molecule has 0 aliphatic carbocycles. The minimum Gasteiger partial charge on any atom is -0.239 e. The standard InChI is InChI=1S/C7H6ClN3O2S/c8-7-5-2-1-3-11(5)10-4-6(7)14(9,12)13/h1-4H,(H2,9,12,13). The summed E-state index contributed by atoms with van der Waals surface area (Å²) in [6.07, 6.45) is 2.79. The number of nitrogens with two attached hydrogens (primary N) is 1. The van der Waals surface area contributed by atoms with Crippen LogP contribution in [0.4, 0.5) is 0 Å². The Hall–Kier alpha value is -1.11. The molecule has 0 amide bonds. The van der Waals surface area contributed by atoms with E-state index in [1.54, 1.807) is 18.3 Å². The summed E-state index contributed by atoms with van der Waals surface area (Å²) < 4.78 is 23.6. The lowest BCUT2D eigenvalue weighted by Gasteiger charge is -2.02. The summed E-state index contributed by atoms with van der Waals surface area (Å²) in [5.41, 5.74) is 0.512. The van der Waals surface area contributed by atoms with Gasteiger partial charge in [-0.25, -0.2) is 18.1 Å². The van der Waals surface area contributed by atoms with E-state index < -0.39 is 10.0 Å². The fourth-order valence-corrected chi connectivity index (χ4v) is 2.21. The number of aromatic nitrogens is 2. The van der Waals surface area contributed by atoms with Gasteiger partial charge in [-0.05, 0) is 12.1 Å². The van der Waals surface area contributed by atoms with Crippen molar-refractivity contribution in [2.45, 2.75) is 4.90 Å². The molecular formula is C7H6ClN3O2S. The van der Waals surface area contributed by atoms with Crippen LogP contribution in [0.15, 0.2) is 29.4 Å². The number of hydrogen-bond acceptors (Lipinski definition) is 3. The zero-order valence-corrected chi connectivity index (χ0v) is 8.46. The number of nitrogens with zero attached hydrogens (tertiary/aromatic N) is 2. The Balaban J connectivity index is 2.88. The Kier molecular flexibility index (Phi) is 1.99. The van der Waals surface area contributed by atoms with Crippen LogP contribution in [0.5, 0.6) is 0 Å². The number of hydrogen-bond donors (Lipinski definition) is 1. The maximum absolute atomic E-state index is 11.1. The third-order valence-electron chi connectivity index (χ3n) is 1.78. The van der Waals surface area contributed by atoms with Crippen molar-refractivity contribution >= 4 is 27.1 Å². The molecule has 0 saturated carbocycles. The molecule has 0 spiro atoms. The van der Waals surface area contributed by atoms with E-state index in [1.807, 2.05) is 0 Å². The van der Waals surface area contributed by atoms with Gasteiger partial charge in [0.15, 0.2) is 0 Å². The quantitative estimate of drug-likeness (QED) is 0.782. The fourth-order valence-electron chi connectivity index (χ4n) is 1.14. The van der Waals surface area contributed by atoms with Gasteiger partial charge in [0.05, 0.1) is 16.7 Å². The molecule has 0 unspecified atom stereocenters. The van der Waals surface area contributed by atoms with Gasteiger partial charge in [-0.2, -0.15) is 5.10 Å². The van der Waals surface area contributed by atoms with Gasteiger partial charge in [0.1, 0.15) is 4.90 Å². The second kappa shape index (κ2) is 2.94. The Labute approximate surface area is 85.1 Å². The third-order valence-corrected chi connectivity index (χ3v) is 3.21. The van der Waals surface area contributed by atoms with E-state index >= 15 is 0 Å². The van der Waals surface area contributed by atoms with Crippen molar-refractivity contribution in [3.05, 3.63) is 29.5 Å². The first kappa shape index (κ1) is 9.45. The number of halogens is 1.